The number of anilines is 1. The van der Waals surface area contributed by atoms with Gasteiger partial charge in [0.1, 0.15) is 0 Å². The quantitative estimate of drug-likeness (QED) is 0.835. The van der Waals surface area contributed by atoms with Crippen LogP contribution in [0.15, 0.2) is 12.1 Å². The third kappa shape index (κ3) is 4.10. The van der Waals surface area contributed by atoms with E-state index < -0.39 is 11.9 Å². The lowest BCUT2D eigenvalue weighted by molar-refractivity contribution is -0.141. The average Bonchev–Trinajstić information content (AvgIpc) is 2.29. The van der Waals surface area contributed by atoms with Crippen LogP contribution in [0.3, 0.4) is 0 Å². The molecule has 0 saturated carbocycles. The number of halogens is 3. The summed E-state index contributed by atoms with van der Waals surface area (Å²) in [6.07, 6.45) is -3.99. The molecule has 0 saturated heterocycles. The van der Waals surface area contributed by atoms with Crippen molar-refractivity contribution in [2.24, 2.45) is 5.73 Å². The largest absolute Gasteiger partial charge is 0.435 e. The molecule has 1 aromatic heterocycles. The second kappa shape index (κ2) is 5.94. The molecule has 0 fully saturated rings. The first-order valence-corrected chi connectivity index (χ1v) is 5.69. The van der Waals surface area contributed by atoms with Gasteiger partial charge in [0.15, 0.2) is 11.5 Å². The van der Waals surface area contributed by atoms with Crippen LogP contribution in [0.4, 0.5) is 19.0 Å². The van der Waals surface area contributed by atoms with Gasteiger partial charge in [-0.15, -0.1) is 10.2 Å². The van der Waals surface area contributed by atoms with Crippen molar-refractivity contribution in [1.82, 2.24) is 10.2 Å². The van der Waals surface area contributed by atoms with Crippen LogP contribution in [-0.2, 0) is 6.18 Å². The third-order valence-electron chi connectivity index (χ3n) is 2.27. The lowest BCUT2D eigenvalue weighted by Gasteiger charge is -2.21. The monoisotopic (exact) mass is 278 g/mol. The molecule has 1 heterocycles. The summed E-state index contributed by atoms with van der Waals surface area (Å²) >= 11 is 4.75. The van der Waals surface area contributed by atoms with E-state index in [1.54, 1.807) is 4.90 Å². The van der Waals surface area contributed by atoms with Gasteiger partial charge >= 0.3 is 6.18 Å². The van der Waals surface area contributed by atoms with Gasteiger partial charge in [0.2, 0.25) is 0 Å². The molecule has 0 bridgehead atoms. The summed E-state index contributed by atoms with van der Waals surface area (Å²) in [6, 6.07) is 2.20. The highest BCUT2D eigenvalue weighted by atomic mass is 32.1. The molecule has 1 aromatic rings. The van der Waals surface area contributed by atoms with Crippen molar-refractivity contribution in [2.45, 2.75) is 19.5 Å². The summed E-state index contributed by atoms with van der Waals surface area (Å²) in [7, 11) is 0. The number of alkyl halides is 3. The molecule has 0 unspecified atom stereocenters. The van der Waals surface area contributed by atoms with Gasteiger partial charge in [-0.3, -0.25) is 0 Å². The smallest absolute Gasteiger partial charge is 0.393 e. The molecule has 18 heavy (non-hydrogen) atoms. The van der Waals surface area contributed by atoms with Crippen LogP contribution >= 0.6 is 12.2 Å². The van der Waals surface area contributed by atoms with Crippen molar-refractivity contribution in [3.63, 3.8) is 0 Å². The van der Waals surface area contributed by atoms with Crippen LogP contribution in [0.25, 0.3) is 0 Å². The van der Waals surface area contributed by atoms with Crippen molar-refractivity contribution in [3.05, 3.63) is 17.8 Å². The molecular weight excluding hydrogens is 265 g/mol. The van der Waals surface area contributed by atoms with E-state index in [1.165, 1.54) is 6.07 Å². The number of thiocarbonyl (C=S) groups is 1. The predicted octanol–water partition coefficient (Wildman–Crippen LogP) is 2.00. The van der Waals surface area contributed by atoms with Crippen LogP contribution in [0, 0.1) is 0 Å². The maximum atomic E-state index is 12.3. The van der Waals surface area contributed by atoms with E-state index in [1.807, 2.05) is 6.92 Å². The lowest BCUT2D eigenvalue weighted by atomic mass is 10.3. The summed E-state index contributed by atoms with van der Waals surface area (Å²) in [5.74, 6) is 0.377. The van der Waals surface area contributed by atoms with Gasteiger partial charge in [0.25, 0.3) is 0 Å². The molecule has 0 atom stereocenters. The Morgan fingerprint density at radius 1 is 1.39 bits per heavy atom. The van der Waals surface area contributed by atoms with Crippen LogP contribution in [0.5, 0.6) is 0 Å². The van der Waals surface area contributed by atoms with Crippen molar-refractivity contribution in [1.29, 1.82) is 0 Å². The van der Waals surface area contributed by atoms with E-state index in [0.29, 0.717) is 30.3 Å². The molecule has 1 rings (SSSR count). The first-order chi connectivity index (χ1) is 8.34. The highest BCUT2D eigenvalue weighted by Gasteiger charge is 2.33. The second-order valence-electron chi connectivity index (χ2n) is 3.57. The van der Waals surface area contributed by atoms with E-state index >= 15 is 0 Å². The Morgan fingerprint density at radius 3 is 2.44 bits per heavy atom. The average molecular weight is 278 g/mol. The molecule has 0 radical (unpaired) electrons. The number of hydrogen-bond donors (Lipinski definition) is 1. The molecule has 0 aliphatic rings. The fourth-order valence-electron chi connectivity index (χ4n) is 1.32. The van der Waals surface area contributed by atoms with Crippen molar-refractivity contribution < 1.29 is 13.2 Å². The molecule has 2 N–H and O–H groups in total. The van der Waals surface area contributed by atoms with Crippen LogP contribution < -0.4 is 10.6 Å². The van der Waals surface area contributed by atoms with Crippen molar-refractivity contribution in [2.75, 3.05) is 18.0 Å². The maximum Gasteiger partial charge on any atom is 0.435 e. The first-order valence-electron chi connectivity index (χ1n) is 5.28. The second-order valence-corrected chi connectivity index (χ2v) is 4.09. The number of aromatic nitrogens is 2. The summed E-state index contributed by atoms with van der Waals surface area (Å²) in [4.78, 5) is 2.11. The van der Waals surface area contributed by atoms with Crippen LogP contribution in [0.1, 0.15) is 19.0 Å². The van der Waals surface area contributed by atoms with Gasteiger partial charge in [-0.05, 0) is 19.1 Å². The minimum Gasteiger partial charge on any atom is -0.393 e. The van der Waals surface area contributed by atoms with Gasteiger partial charge in [-0.25, -0.2) is 0 Å². The standard InChI is InChI=1S/C10H13F3N4S/c1-2-17(6-5-8(14)18)9-4-3-7(15-16-9)10(11,12)13/h3-4H,2,5-6H2,1H3,(H2,14,18). The fraction of sp³-hybridized carbons (Fsp3) is 0.500. The zero-order chi connectivity index (χ0) is 13.8. The topological polar surface area (TPSA) is 55.0 Å². The minimum absolute atomic E-state index is 0.355. The highest BCUT2D eigenvalue weighted by molar-refractivity contribution is 7.80. The summed E-state index contributed by atoms with van der Waals surface area (Å²) in [6.45, 7) is 2.95. The summed E-state index contributed by atoms with van der Waals surface area (Å²) < 4.78 is 36.9. The number of rotatable bonds is 5. The Kier molecular flexibility index (Phi) is 4.83. The van der Waals surface area contributed by atoms with Crippen LogP contribution in [0.2, 0.25) is 0 Å². The fourth-order valence-corrected chi connectivity index (χ4v) is 1.42. The van der Waals surface area contributed by atoms with Crippen LogP contribution in [-0.4, -0.2) is 28.3 Å². The van der Waals surface area contributed by atoms with Gasteiger partial charge in [0, 0.05) is 19.5 Å². The molecule has 0 aromatic carbocycles. The Balaban J connectivity index is 2.79. The number of hydrogen-bond acceptors (Lipinski definition) is 4. The molecule has 0 spiro atoms. The number of nitrogens with zero attached hydrogens (tertiary/aromatic N) is 3. The van der Waals surface area contributed by atoms with E-state index in [2.05, 4.69) is 10.2 Å². The minimum atomic E-state index is -4.47. The van der Waals surface area contributed by atoms with E-state index in [9.17, 15) is 13.2 Å². The molecule has 8 heteroatoms. The third-order valence-corrected chi connectivity index (χ3v) is 2.48. The summed E-state index contributed by atoms with van der Waals surface area (Å²) in [5, 5.41) is 6.73. The van der Waals surface area contributed by atoms with Gasteiger partial charge in [-0.2, -0.15) is 13.2 Å². The van der Waals surface area contributed by atoms with E-state index in [-0.39, 0.29) is 0 Å². The maximum absolute atomic E-state index is 12.3. The van der Waals surface area contributed by atoms with Gasteiger partial charge in [0.05, 0.1) is 4.99 Å². The molecule has 4 nitrogen and oxygen atoms in total. The zero-order valence-electron chi connectivity index (χ0n) is 9.74. The molecular formula is C10H13F3N4S. The Labute approximate surface area is 108 Å². The predicted molar refractivity (Wildman–Crippen MR) is 66.3 cm³/mol. The van der Waals surface area contributed by atoms with Crippen molar-refractivity contribution >= 4 is 23.0 Å². The Bertz CT molecular complexity index is 405. The SMILES string of the molecule is CCN(CCC(N)=S)c1ccc(C(F)(F)F)nn1. The van der Waals surface area contributed by atoms with Crippen molar-refractivity contribution in [3.8, 4) is 0 Å². The molecule has 0 amide bonds. The first kappa shape index (κ1) is 14.6. The number of nitrogens with two attached hydrogens (primary N) is 1. The molecule has 100 valence electrons. The molecule has 0 aliphatic heterocycles. The highest BCUT2D eigenvalue weighted by Crippen LogP contribution is 2.27. The lowest BCUT2D eigenvalue weighted by Crippen LogP contribution is -2.28. The van der Waals surface area contributed by atoms with E-state index in [4.69, 9.17) is 18.0 Å². The molecule has 0 aliphatic carbocycles. The van der Waals surface area contributed by atoms with Gasteiger partial charge in [-0.1, -0.05) is 12.2 Å². The summed E-state index contributed by atoms with van der Waals surface area (Å²) in [5.41, 5.74) is 4.37. The zero-order valence-corrected chi connectivity index (χ0v) is 10.6. The Morgan fingerprint density at radius 2 is 2.06 bits per heavy atom. The normalized spacial score (nSPS) is 11.3. The van der Waals surface area contributed by atoms with E-state index in [0.717, 1.165) is 6.07 Å². The van der Waals surface area contributed by atoms with Gasteiger partial charge < -0.3 is 10.6 Å². The Hall–Kier alpha value is -1.44.